The fourth-order valence-electron chi connectivity index (χ4n) is 2.31. The van der Waals surface area contributed by atoms with Crippen molar-refractivity contribution in [1.82, 2.24) is 0 Å². The van der Waals surface area contributed by atoms with Gasteiger partial charge in [0.1, 0.15) is 11.6 Å². The number of rotatable bonds is 5. The molecule has 0 aliphatic heterocycles. The number of benzene rings is 2. The summed E-state index contributed by atoms with van der Waals surface area (Å²) in [7, 11) is 2.94. The molecule has 0 unspecified atom stereocenters. The molecule has 0 fully saturated rings. The summed E-state index contributed by atoms with van der Waals surface area (Å²) in [5.41, 5.74) is 1.67. The maximum atomic E-state index is 12.5. The Morgan fingerprint density at radius 1 is 1.19 bits per heavy atom. The highest BCUT2D eigenvalue weighted by Gasteiger charge is 2.15. The van der Waals surface area contributed by atoms with E-state index in [2.05, 4.69) is 5.32 Å². The molecule has 26 heavy (non-hydrogen) atoms. The number of aryl methyl sites for hydroxylation is 1. The van der Waals surface area contributed by atoms with Gasteiger partial charge in [0.2, 0.25) is 0 Å². The number of carbonyl (C=O) groups excluding carboxylic acids is 1. The van der Waals surface area contributed by atoms with Crippen LogP contribution in [0.2, 0.25) is 10.0 Å². The first kappa shape index (κ1) is 19.6. The Labute approximate surface area is 161 Å². The smallest absolute Gasteiger partial charge is 0.266 e. The molecule has 0 aliphatic carbocycles. The average Bonchev–Trinajstić information content (AvgIpc) is 2.62. The molecule has 0 spiro atoms. The van der Waals surface area contributed by atoms with Crippen LogP contribution in [0.4, 0.5) is 5.69 Å². The molecule has 0 heterocycles. The van der Waals surface area contributed by atoms with Crippen LogP contribution in [0.5, 0.6) is 11.5 Å². The highest BCUT2D eigenvalue weighted by molar-refractivity contribution is 6.34. The van der Waals surface area contributed by atoms with Gasteiger partial charge in [0, 0.05) is 0 Å². The number of hydrogen-bond acceptors (Lipinski definition) is 4. The van der Waals surface area contributed by atoms with Crippen LogP contribution in [0.15, 0.2) is 35.9 Å². The Bertz CT molecular complexity index is 897. The van der Waals surface area contributed by atoms with Crippen molar-refractivity contribution in [1.29, 1.82) is 5.26 Å². The molecular formula is C19H16Cl2N2O3. The number of methoxy groups -OCH3 is 2. The van der Waals surface area contributed by atoms with E-state index in [9.17, 15) is 10.1 Å². The number of carbonyl (C=O) groups is 1. The fraction of sp³-hybridized carbons (Fsp3) is 0.158. The SMILES string of the molecule is COc1cc(/C=C(\C#N)C(=O)Nc2c(C)cccc2Cl)cc(Cl)c1OC. The van der Waals surface area contributed by atoms with E-state index in [1.54, 1.807) is 24.3 Å². The summed E-state index contributed by atoms with van der Waals surface area (Å²) in [6.45, 7) is 1.81. The van der Waals surface area contributed by atoms with Crippen LogP contribution in [-0.2, 0) is 4.79 Å². The average molecular weight is 391 g/mol. The van der Waals surface area contributed by atoms with Crippen molar-refractivity contribution in [2.75, 3.05) is 19.5 Å². The second-order valence-electron chi connectivity index (χ2n) is 5.29. The van der Waals surface area contributed by atoms with Crippen molar-refractivity contribution in [3.05, 3.63) is 57.1 Å². The minimum absolute atomic E-state index is 0.104. The van der Waals surface area contributed by atoms with Gasteiger partial charge >= 0.3 is 0 Å². The van der Waals surface area contributed by atoms with Crippen molar-refractivity contribution >= 4 is 40.9 Å². The number of nitrogens with one attached hydrogen (secondary N) is 1. The van der Waals surface area contributed by atoms with Gasteiger partial charge in [-0.15, -0.1) is 0 Å². The van der Waals surface area contributed by atoms with Crippen molar-refractivity contribution in [3.63, 3.8) is 0 Å². The summed E-state index contributed by atoms with van der Waals surface area (Å²) in [5.74, 6) is 0.196. The van der Waals surface area contributed by atoms with E-state index in [4.69, 9.17) is 32.7 Å². The number of amides is 1. The molecule has 0 aromatic heterocycles. The number of nitriles is 1. The molecule has 134 valence electrons. The molecule has 1 N–H and O–H groups in total. The van der Waals surface area contributed by atoms with Gasteiger partial charge in [-0.2, -0.15) is 5.26 Å². The Balaban J connectivity index is 2.38. The largest absolute Gasteiger partial charge is 0.493 e. The molecule has 5 nitrogen and oxygen atoms in total. The van der Waals surface area contributed by atoms with E-state index >= 15 is 0 Å². The molecule has 2 aromatic rings. The molecule has 2 aromatic carbocycles. The fourth-order valence-corrected chi connectivity index (χ4v) is 2.87. The van der Waals surface area contributed by atoms with Crippen LogP contribution in [0.3, 0.4) is 0 Å². The van der Waals surface area contributed by atoms with E-state index in [-0.39, 0.29) is 5.57 Å². The van der Waals surface area contributed by atoms with E-state index in [0.717, 1.165) is 5.56 Å². The highest BCUT2D eigenvalue weighted by Crippen LogP contribution is 2.36. The van der Waals surface area contributed by atoms with E-state index in [1.807, 2.05) is 19.1 Å². The third-order valence-electron chi connectivity index (χ3n) is 3.59. The molecule has 0 atom stereocenters. The second-order valence-corrected chi connectivity index (χ2v) is 6.11. The van der Waals surface area contributed by atoms with Crippen LogP contribution >= 0.6 is 23.2 Å². The van der Waals surface area contributed by atoms with Gasteiger partial charge in [-0.25, -0.2) is 0 Å². The quantitative estimate of drug-likeness (QED) is 0.584. The highest BCUT2D eigenvalue weighted by atomic mass is 35.5. The van der Waals surface area contributed by atoms with Crippen LogP contribution in [0, 0.1) is 18.3 Å². The Hall–Kier alpha value is -2.68. The minimum atomic E-state index is -0.574. The zero-order valence-corrected chi connectivity index (χ0v) is 15.9. The molecule has 0 saturated heterocycles. The molecule has 0 radical (unpaired) electrons. The number of nitrogens with zero attached hydrogens (tertiary/aromatic N) is 1. The standard InChI is InChI=1S/C19H16Cl2N2O3/c1-11-5-4-6-14(20)17(11)23-19(24)13(10-22)7-12-8-15(21)18(26-3)16(9-12)25-2/h4-9H,1-3H3,(H,23,24)/b13-7+. The van der Waals surface area contributed by atoms with Gasteiger partial charge in [0.05, 0.1) is 30.0 Å². The summed E-state index contributed by atoms with van der Waals surface area (Å²) in [4.78, 5) is 12.5. The van der Waals surface area contributed by atoms with E-state index in [1.165, 1.54) is 20.3 Å². The summed E-state index contributed by atoms with van der Waals surface area (Å²) in [6, 6.07) is 10.3. The second kappa shape index (κ2) is 8.61. The predicted molar refractivity (Wildman–Crippen MR) is 103 cm³/mol. The zero-order chi connectivity index (χ0) is 19.3. The summed E-state index contributed by atoms with van der Waals surface area (Å²) in [5, 5.41) is 12.7. The first-order chi connectivity index (χ1) is 12.4. The maximum absolute atomic E-state index is 12.5. The summed E-state index contributed by atoms with van der Waals surface area (Å²) in [6.07, 6.45) is 1.41. The third-order valence-corrected chi connectivity index (χ3v) is 4.19. The van der Waals surface area contributed by atoms with Crippen LogP contribution in [0.1, 0.15) is 11.1 Å². The lowest BCUT2D eigenvalue weighted by Gasteiger charge is -2.11. The normalized spacial score (nSPS) is 10.8. The Morgan fingerprint density at radius 2 is 1.92 bits per heavy atom. The van der Waals surface area contributed by atoms with Gasteiger partial charge in [-0.1, -0.05) is 35.3 Å². The van der Waals surface area contributed by atoms with Crippen LogP contribution < -0.4 is 14.8 Å². The van der Waals surface area contributed by atoms with Crippen molar-refractivity contribution < 1.29 is 14.3 Å². The summed E-state index contributed by atoms with van der Waals surface area (Å²) < 4.78 is 10.4. The molecular weight excluding hydrogens is 375 g/mol. The number of ether oxygens (including phenoxy) is 2. The third kappa shape index (κ3) is 4.29. The molecule has 0 bridgehead atoms. The lowest BCUT2D eigenvalue weighted by molar-refractivity contribution is -0.112. The van der Waals surface area contributed by atoms with Gasteiger partial charge in [0.15, 0.2) is 11.5 Å². The first-order valence-corrected chi connectivity index (χ1v) is 8.26. The lowest BCUT2D eigenvalue weighted by atomic mass is 10.1. The van der Waals surface area contributed by atoms with Crippen molar-refractivity contribution in [3.8, 4) is 17.6 Å². The first-order valence-electron chi connectivity index (χ1n) is 7.51. The van der Waals surface area contributed by atoms with Crippen LogP contribution in [0.25, 0.3) is 6.08 Å². The zero-order valence-electron chi connectivity index (χ0n) is 14.4. The number of anilines is 1. The summed E-state index contributed by atoms with van der Waals surface area (Å²) >= 11 is 12.3. The lowest BCUT2D eigenvalue weighted by Crippen LogP contribution is -2.14. The molecule has 2 rings (SSSR count). The molecule has 1 amide bonds. The molecule has 0 saturated carbocycles. The van der Waals surface area contributed by atoms with E-state index < -0.39 is 5.91 Å². The number of para-hydroxylation sites is 1. The number of halogens is 2. The topological polar surface area (TPSA) is 71.3 Å². The van der Waals surface area contributed by atoms with Gasteiger partial charge < -0.3 is 14.8 Å². The molecule has 7 heteroatoms. The molecule has 0 aliphatic rings. The van der Waals surface area contributed by atoms with Crippen molar-refractivity contribution in [2.45, 2.75) is 6.92 Å². The van der Waals surface area contributed by atoms with Gasteiger partial charge in [-0.3, -0.25) is 4.79 Å². The predicted octanol–water partition coefficient (Wildman–Crippen LogP) is 4.86. The number of hydrogen-bond donors (Lipinski definition) is 1. The van der Waals surface area contributed by atoms with Gasteiger partial charge in [0.25, 0.3) is 5.91 Å². The minimum Gasteiger partial charge on any atom is -0.493 e. The van der Waals surface area contributed by atoms with Crippen LogP contribution in [-0.4, -0.2) is 20.1 Å². The van der Waals surface area contributed by atoms with Crippen molar-refractivity contribution in [2.24, 2.45) is 0 Å². The van der Waals surface area contributed by atoms with Gasteiger partial charge in [-0.05, 0) is 42.3 Å². The monoisotopic (exact) mass is 390 g/mol. The van der Waals surface area contributed by atoms with E-state index in [0.29, 0.717) is 32.8 Å². The maximum Gasteiger partial charge on any atom is 0.266 e. The Kier molecular flexibility index (Phi) is 6.51. The Morgan fingerprint density at radius 3 is 2.50 bits per heavy atom.